The fourth-order valence-corrected chi connectivity index (χ4v) is 0.796. The molecule has 0 aliphatic carbocycles. The van der Waals surface area contributed by atoms with Crippen LogP contribution in [0.3, 0.4) is 0 Å². The average Bonchev–Trinajstić information content (AvgIpc) is 1.88. The van der Waals surface area contributed by atoms with E-state index in [1.165, 1.54) is 0 Å². The summed E-state index contributed by atoms with van der Waals surface area (Å²) in [4.78, 5) is 0. The van der Waals surface area contributed by atoms with E-state index >= 15 is 0 Å². The molecule has 3 heteroatoms. The van der Waals surface area contributed by atoms with Crippen molar-refractivity contribution in [3.05, 3.63) is 24.5 Å². The summed E-state index contributed by atoms with van der Waals surface area (Å²) in [5.41, 5.74) is 5.31. The van der Waals surface area contributed by atoms with Gasteiger partial charge in [-0.15, -0.1) is 0 Å². The lowest BCUT2D eigenvalue weighted by Gasteiger charge is -1.92. The molecule has 0 radical (unpaired) electrons. The Bertz CT molecular complexity index is 213. The highest BCUT2D eigenvalue weighted by Crippen LogP contribution is 1.99. The minimum Gasteiger partial charge on any atom is -0.503 e. The first kappa shape index (κ1) is 7.02. The zero-order valence-corrected chi connectivity index (χ0v) is 5.70. The van der Waals surface area contributed by atoms with Crippen LogP contribution in [0.25, 0.3) is 0 Å². The summed E-state index contributed by atoms with van der Waals surface area (Å²) in [6.45, 7) is 1.34. The molecule has 0 saturated heterocycles. The Morgan fingerprint density at radius 3 is 3.00 bits per heavy atom. The quantitative estimate of drug-likeness (QED) is 0.550. The van der Waals surface area contributed by atoms with Gasteiger partial charge in [-0.3, -0.25) is 0 Å². The zero-order valence-electron chi connectivity index (χ0n) is 5.70. The summed E-state index contributed by atoms with van der Waals surface area (Å²) in [5, 5.41) is 8.98. The van der Waals surface area contributed by atoms with Crippen LogP contribution in [0.15, 0.2) is 24.5 Å². The van der Waals surface area contributed by atoms with E-state index in [0.717, 1.165) is 6.54 Å². The van der Waals surface area contributed by atoms with Gasteiger partial charge in [-0.05, 0) is 6.07 Å². The minimum atomic E-state index is 0.274. The van der Waals surface area contributed by atoms with Gasteiger partial charge in [0.25, 0.3) is 0 Å². The molecular weight excluding hydrogens is 128 g/mol. The number of aromatic hydroxyl groups is 1. The van der Waals surface area contributed by atoms with Gasteiger partial charge in [-0.25, -0.2) is 4.57 Å². The maximum Gasteiger partial charge on any atom is 0.210 e. The summed E-state index contributed by atoms with van der Waals surface area (Å²) >= 11 is 0. The van der Waals surface area contributed by atoms with Gasteiger partial charge in [0.05, 0.1) is 6.54 Å². The Morgan fingerprint density at radius 2 is 2.40 bits per heavy atom. The van der Waals surface area contributed by atoms with Gasteiger partial charge in [-0.1, -0.05) is 0 Å². The smallest absolute Gasteiger partial charge is 0.210 e. The lowest BCUT2D eigenvalue weighted by atomic mass is 10.4. The van der Waals surface area contributed by atoms with Crippen molar-refractivity contribution in [1.29, 1.82) is 0 Å². The van der Waals surface area contributed by atoms with Crippen molar-refractivity contribution >= 4 is 0 Å². The number of hydrogen-bond donors (Lipinski definition) is 2. The summed E-state index contributed by atoms with van der Waals surface area (Å²) in [6, 6.07) is 3.41. The Hall–Kier alpha value is -1.09. The first-order valence-corrected chi connectivity index (χ1v) is 3.21. The van der Waals surface area contributed by atoms with Gasteiger partial charge in [0.15, 0.2) is 18.5 Å². The predicted octanol–water partition coefficient (Wildman–Crippen LogP) is -0.362. The molecule has 1 aromatic heterocycles. The molecule has 10 heavy (non-hydrogen) atoms. The van der Waals surface area contributed by atoms with Crippen LogP contribution in [-0.2, 0) is 6.54 Å². The normalized spacial score (nSPS) is 9.70. The Balaban J connectivity index is 2.75. The predicted molar refractivity (Wildman–Crippen MR) is 37.4 cm³/mol. The second-order valence-corrected chi connectivity index (χ2v) is 2.09. The van der Waals surface area contributed by atoms with E-state index in [0.29, 0.717) is 6.54 Å². The zero-order chi connectivity index (χ0) is 7.40. The molecule has 0 aromatic carbocycles. The van der Waals surface area contributed by atoms with Crippen LogP contribution in [0.5, 0.6) is 5.75 Å². The largest absolute Gasteiger partial charge is 0.503 e. The number of nitrogens with zero attached hydrogens (tertiary/aromatic N) is 1. The van der Waals surface area contributed by atoms with Gasteiger partial charge in [0.1, 0.15) is 0 Å². The van der Waals surface area contributed by atoms with E-state index in [9.17, 15) is 0 Å². The maximum absolute atomic E-state index is 8.98. The van der Waals surface area contributed by atoms with Crippen molar-refractivity contribution in [2.24, 2.45) is 5.73 Å². The lowest BCUT2D eigenvalue weighted by molar-refractivity contribution is -0.694. The third kappa shape index (κ3) is 1.70. The van der Waals surface area contributed by atoms with Gasteiger partial charge < -0.3 is 10.8 Å². The van der Waals surface area contributed by atoms with Crippen molar-refractivity contribution in [3.63, 3.8) is 0 Å². The molecule has 0 aliphatic rings. The molecular formula is C7H11N2O+. The SMILES string of the molecule is NCC[n+]1cccc(O)c1. The lowest BCUT2D eigenvalue weighted by Crippen LogP contribution is -2.36. The van der Waals surface area contributed by atoms with Gasteiger partial charge in [-0.2, -0.15) is 0 Å². The van der Waals surface area contributed by atoms with Crippen molar-refractivity contribution in [2.45, 2.75) is 6.54 Å². The topological polar surface area (TPSA) is 50.1 Å². The first-order valence-electron chi connectivity index (χ1n) is 3.21. The summed E-state index contributed by atoms with van der Waals surface area (Å²) in [7, 11) is 0. The van der Waals surface area contributed by atoms with Crippen molar-refractivity contribution in [3.8, 4) is 5.75 Å². The third-order valence-corrected chi connectivity index (χ3v) is 1.23. The van der Waals surface area contributed by atoms with E-state index < -0.39 is 0 Å². The van der Waals surface area contributed by atoms with Crippen LogP contribution in [0.2, 0.25) is 0 Å². The summed E-state index contributed by atoms with van der Waals surface area (Å²) in [5.74, 6) is 0.274. The Morgan fingerprint density at radius 1 is 1.60 bits per heavy atom. The molecule has 0 atom stereocenters. The minimum absolute atomic E-state index is 0.274. The van der Waals surface area contributed by atoms with E-state index in [2.05, 4.69) is 0 Å². The molecule has 0 aliphatic heterocycles. The fourth-order valence-electron chi connectivity index (χ4n) is 0.796. The van der Waals surface area contributed by atoms with Crippen molar-refractivity contribution in [2.75, 3.05) is 6.54 Å². The molecule has 3 N–H and O–H groups in total. The van der Waals surface area contributed by atoms with Gasteiger partial charge in [0, 0.05) is 6.07 Å². The molecule has 3 nitrogen and oxygen atoms in total. The average molecular weight is 139 g/mol. The summed E-state index contributed by atoms with van der Waals surface area (Å²) < 4.78 is 1.84. The molecule has 0 spiro atoms. The number of hydrogen-bond acceptors (Lipinski definition) is 2. The maximum atomic E-state index is 8.98. The number of nitrogens with two attached hydrogens (primary N) is 1. The van der Waals surface area contributed by atoms with Crippen LogP contribution in [0, 0.1) is 0 Å². The number of rotatable bonds is 2. The highest BCUT2D eigenvalue weighted by atomic mass is 16.3. The molecule has 0 fully saturated rings. The van der Waals surface area contributed by atoms with E-state index in [1.54, 1.807) is 18.3 Å². The molecule has 1 heterocycles. The van der Waals surface area contributed by atoms with E-state index in [-0.39, 0.29) is 5.75 Å². The standard InChI is InChI=1S/C7H10N2O/c8-3-5-9-4-1-2-7(10)6-9/h1-2,4,6H,3,5,8H2/p+1. The Kier molecular flexibility index (Phi) is 2.23. The molecule has 0 bridgehead atoms. The molecule has 0 saturated carbocycles. The second-order valence-electron chi connectivity index (χ2n) is 2.09. The molecule has 0 amide bonds. The Labute approximate surface area is 59.7 Å². The first-order chi connectivity index (χ1) is 4.83. The van der Waals surface area contributed by atoms with Crippen molar-refractivity contribution in [1.82, 2.24) is 0 Å². The van der Waals surface area contributed by atoms with Crippen molar-refractivity contribution < 1.29 is 9.67 Å². The van der Waals surface area contributed by atoms with Crippen LogP contribution in [-0.4, -0.2) is 11.7 Å². The van der Waals surface area contributed by atoms with E-state index in [4.69, 9.17) is 10.8 Å². The third-order valence-electron chi connectivity index (χ3n) is 1.23. The van der Waals surface area contributed by atoms with Gasteiger partial charge >= 0.3 is 0 Å². The molecule has 0 unspecified atom stereocenters. The van der Waals surface area contributed by atoms with Crippen LogP contribution >= 0.6 is 0 Å². The van der Waals surface area contributed by atoms with Gasteiger partial charge in [0.2, 0.25) is 6.20 Å². The van der Waals surface area contributed by atoms with E-state index in [1.807, 2.05) is 10.8 Å². The van der Waals surface area contributed by atoms with Crippen LogP contribution in [0.4, 0.5) is 0 Å². The monoisotopic (exact) mass is 139 g/mol. The van der Waals surface area contributed by atoms with Crippen LogP contribution < -0.4 is 10.3 Å². The number of pyridine rings is 1. The molecule has 54 valence electrons. The number of aromatic nitrogens is 1. The fraction of sp³-hybridized carbons (Fsp3) is 0.286. The van der Waals surface area contributed by atoms with Crippen LogP contribution in [0.1, 0.15) is 0 Å². The second kappa shape index (κ2) is 3.17. The highest BCUT2D eigenvalue weighted by molar-refractivity contribution is 5.09. The molecule has 1 aromatic rings. The molecule has 1 rings (SSSR count). The highest BCUT2D eigenvalue weighted by Gasteiger charge is 1.97. The summed E-state index contributed by atoms with van der Waals surface area (Å²) in [6.07, 6.45) is 3.51.